The molecule has 1 aromatic carbocycles. The summed E-state index contributed by atoms with van der Waals surface area (Å²) in [6, 6.07) is 2.96. The Morgan fingerprint density at radius 2 is 2.11 bits per heavy atom. The standard InChI is InChI=1S/C13H16FNO3S/c1-8-5-9(7-10(14)6-8)12(16)15-11(13(17)18)3-4-19-2/h5-7,11H,3-4H2,1-2H3,(H,15,16)(H,17,18)/t11-/m0/s1. The molecule has 1 rings (SSSR count). The second kappa shape index (κ2) is 7.13. The number of carbonyl (C=O) groups excluding carboxylic acids is 1. The van der Waals surface area contributed by atoms with Gasteiger partial charge in [-0.25, -0.2) is 9.18 Å². The monoisotopic (exact) mass is 285 g/mol. The first kappa shape index (κ1) is 15.5. The van der Waals surface area contributed by atoms with Crippen molar-refractivity contribution in [1.82, 2.24) is 5.32 Å². The number of carboxylic acid groups (broad SMARTS) is 1. The first-order valence-electron chi connectivity index (χ1n) is 5.74. The van der Waals surface area contributed by atoms with Gasteiger partial charge in [-0.05, 0) is 49.1 Å². The fourth-order valence-corrected chi connectivity index (χ4v) is 2.07. The quantitative estimate of drug-likeness (QED) is 0.839. The van der Waals surface area contributed by atoms with Crippen molar-refractivity contribution < 1.29 is 19.1 Å². The summed E-state index contributed by atoms with van der Waals surface area (Å²) in [7, 11) is 0. The number of carboxylic acids is 1. The van der Waals surface area contributed by atoms with Crippen LogP contribution in [0.3, 0.4) is 0 Å². The van der Waals surface area contributed by atoms with Crippen LogP contribution in [0.2, 0.25) is 0 Å². The predicted molar refractivity (Wildman–Crippen MR) is 73.0 cm³/mol. The summed E-state index contributed by atoms with van der Waals surface area (Å²) in [5, 5.41) is 11.4. The molecule has 0 saturated carbocycles. The van der Waals surface area contributed by atoms with Crippen molar-refractivity contribution in [3.05, 3.63) is 35.1 Å². The maximum atomic E-state index is 13.2. The van der Waals surface area contributed by atoms with Gasteiger partial charge in [-0.2, -0.15) is 11.8 Å². The highest BCUT2D eigenvalue weighted by Gasteiger charge is 2.20. The summed E-state index contributed by atoms with van der Waals surface area (Å²) in [5.74, 6) is -1.55. The number of carbonyl (C=O) groups is 2. The van der Waals surface area contributed by atoms with Crippen LogP contribution in [-0.4, -0.2) is 35.0 Å². The highest BCUT2D eigenvalue weighted by molar-refractivity contribution is 7.98. The summed E-state index contributed by atoms with van der Waals surface area (Å²) < 4.78 is 13.2. The Morgan fingerprint density at radius 1 is 1.42 bits per heavy atom. The number of thioether (sulfide) groups is 1. The Morgan fingerprint density at radius 3 is 2.63 bits per heavy atom. The summed E-state index contributed by atoms with van der Waals surface area (Å²) in [5.41, 5.74) is 0.744. The molecule has 0 bridgehead atoms. The molecule has 2 N–H and O–H groups in total. The van der Waals surface area contributed by atoms with Crippen LogP contribution < -0.4 is 5.32 Å². The number of halogens is 1. The molecule has 1 aromatic rings. The molecule has 0 aliphatic rings. The van der Waals surface area contributed by atoms with Crippen LogP contribution in [0.15, 0.2) is 18.2 Å². The number of nitrogens with one attached hydrogen (secondary N) is 1. The van der Waals surface area contributed by atoms with E-state index in [0.717, 1.165) is 6.07 Å². The highest BCUT2D eigenvalue weighted by Crippen LogP contribution is 2.09. The van der Waals surface area contributed by atoms with Crippen LogP contribution in [-0.2, 0) is 4.79 Å². The Labute approximate surface area is 115 Å². The third kappa shape index (κ3) is 4.90. The number of benzene rings is 1. The Bertz CT molecular complexity index is 459. The maximum Gasteiger partial charge on any atom is 0.326 e. The molecule has 4 nitrogen and oxygen atoms in total. The fourth-order valence-electron chi connectivity index (χ4n) is 1.60. The number of hydrogen-bond acceptors (Lipinski definition) is 3. The summed E-state index contributed by atoms with van der Waals surface area (Å²) in [6.07, 6.45) is 2.19. The zero-order valence-corrected chi connectivity index (χ0v) is 11.6. The molecule has 0 radical (unpaired) electrons. The molecular weight excluding hydrogens is 269 g/mol. The number of aliphatic carboxylic acids is 1. The van der Waals surface area contributed by atoms with Gasteiger partial charge in [0.25, 0.3) is 5.91 Å². The number of aryl methyl sites for hydroxylation is 1. The fraction of sp³-hybridized carbons (Fsp3) is 0.385. The van der Waals surface area contributed by atoms with Gasteiger partial charge in [0.1, 0.15) is 11.9 Å². The normalized spacial score (nSPS) is 11.9. The van der Waals surface area contributed by atoms with Crippen molar-refractivity contribution >= 4 is 23.6 Å². The van der Waals surface area contributed by atoms with Gasteiger partial charge >= 0.3 is 5.97 Å². The first-order chi connectivity index (χ1) is 8.93. The molecule has 0 heterocycles. The smallest absolute Gasteiger partial charge is 0.326 e. The minimum Gasteiger partial charge on any atom is -0.480 e. The van der Waals surface area contributed by atoms with E-state index in [-0.39, 0.29) is 5.56 Å². The van der Waals surface area contributed by atoms with Crippen LogP contribution >= 0.6 is 11.8 Å². The lowest BCUT2D eigenvalue weighted by Crippen LogP contribution is -2.41. The van der Waals surface area contributed by atoms with E-state index in [0.29, 0.717) is 17.7 Å². The van der Waals surface area contributed by atoms with Crippen LogP contribution in [0.1, 0.15) is 22.3 Å². The minimum absolute atomic E-state index is 0.132. The molecule has 1 atom stereocenters. The molecule has 0 aromatic heterocycles. The van der Waals surface area contributed by atoms with Gasteiger partial charge in [-0.1, -0.05) is 0 Å². The van der Waals surface area contributed by atoms with E-state index in [2.05, 4.69) is 5.32 Å². The molecule has 6 heteroatoms. The highest BCUT2D eigenvalue weighted by atomic mass is 32.2. The second-order valence-electron chi connectivity index (χ2n) is 4.16. The molecule has 19 heavy (non-hydrogen) atoms. The van der Waals surface area contributed by atoms with Crippen LogP contribution in [0, 0.1) is 12.7 Å². The Kier molecular flexibility index (Phi) is 5.82. The number of amides is 1. The average molecular weight is 285 g/mol. The third-order valence-electron chi connectivity index (χ3n) is 2.52. The molecule has 0 fully saturated rings. The predicted octanol–water partition coefficient (Wildman–Crippen LogP) is 2.07. The first-order valence-corrected chi connectivity index (χ1v) is 7.13. The van der Waals surface area contributed by atoms with Crippen molar-refractivity contribution in [3.8, 4) is 0 Å². The van der Waals surface area contributed by atoms with Crippen molar-refractivity contribution in [2.75, 3.05) is 12.0 Å². The Balaban J connectivity index is 2.78. The van der Waals surface area contributed by atoms with Crippen molar-refractivity contribution in [3.63, 3.8) is 0 Å². The largest absolute Gasteiger partial charge is 0.480 e. The van der Waals surface area contributed by atoms with Crippen molar-refractivity contribution in [1.29, 1.82) is 0 Å². The summed E-state index contributed by atoms with van der Waals surface area (Å²) in [4.78, 5) is 22.9. The van der Waals surface area contributed by atoms with Gasteiger partial charge in [-0.15, -0.1) is 0 Å². The summed E-state index contributed by atoms with van der Waals surface area (Å²) in [6.45, 7) is 1.67. The lowest BCUT2D eigenvalue weighted by molar-refractivity contribution is -0.139. The topological polar surface area (TPSA) is 66.4 Å². The van der Waals surface area contributed by atoms with E-state index < -0.39 is 23.7 Å². The van der Waals surface area contributed by atoms with Gasteiger partial charge in [0, 0.05) is 5.56 Å². The zero-order chi connectivity index (χ0) is 14.4. The summed E-state index contributed by atoms with van der Waals surface area (Å²) >= 11 is 1.50. The van der Waals surface area contributed by atoms with Gasteiger partial charge in [0.15, 0.2) is 0 Å². The van der Waals surface area contributed by atoms with Gasteiger partial charge in [0.05, 0.1) is 0 Å². The minimum atomic E-state index is -1.09. The SMILES string of the molecule is CSCC[C@H](NC(=O)c1cc(C)cc(F)c1)C(=O)O. The molecule has 1 amide bonds. The molecule has 104 valence electrons. The molecule has 0 spiro atoms. The molecule has 0 aliphatic carbocycles. The molecule has 0 aliphatic heterocycles. The van der Waals surface area contributed by atoms with Gasteiger partial charge < -0.3 is 10.4 Å². The molecule has 0 unspecified atom stereocenters. The van der Waals surface area contributed by atoms with E-state index in [1.807, 2.05) is 6.26 Å². The van der Waals surface area contributed by atoms with Crippen LogP contribution in [0.5, 0.6) is 0 Å². The van der Waals surface area contributed by atoms with E-state index in [4.69, 9.17) is 5.11 Å². The third-order valence-corrected chi connectivity index (χ3v) is 3.16. The average Bonchev–Trinajstić information content (AvgIpc) is 2.32. The lowest BCUT2D eigenvalue weighted by atomic mass is 10.1. The van der Waals surface area contributed by atoms with E-state index in [1.165, 1.54) is 23.9 Å². The van der Waals surface area contributed by atoms with Crippen molar-refractivity contribution in [2.24, 2.45) is 0 Å². The maximum absolute atomic E-state index is 13.2. The number of rotatable bonds is 6. The lowest BCUT2D eigenvalue weighted by Gasteiger charge is -2.14. The van der Waals surface area contributed by atoms with Gasteiger partial charge in [0.2, 0.25) is 0 Å². The van der Waals surface area contributed by atoms with Crippen LogP contribution in [0.25, 0.3) is 0 Å². The van der Waals surface area contributed by atoms with E-state index >= 15 is 0 Å². The Hall–Kier alpha value is -1.56. The second-order valence-corrected chi connectivity index (χ2v) is 5.15. The number of hydrogen-bond donors (Lipinski definition) is 2. The van der Waals surface area contributed by atoms with E-state index in [9.17, 15) is 14.0 Å². The zero-order valence-electron chi connectivity index (χ0n) is 10.8. The van der Waals surface area contributed by atoms with Crippen LogP contribution in [0.4, 0.5) is 4.39 Å². The molecular formula is C13H16FNO3S. The van der Waals surface area contributed by atoms with Crippen molar-refractivity contribution in [2.45, 2.75) is 19.4 Å². The van der Waals surface area contributed by atoms with E-state index in [1.54, 1.807) is 6.92 Å². The van der Waals surface area contributed by atoms with Gasteiger partial charge in [-0.3, -0.25) is 4.79 Å². The molecule has 0 saturated heterocycles.